The van der Waals surface area contributed by atoms with Crippen molar-refractivity contribution in [3.63, 3.8) is 0 Å². The molecular formula is C6H12N4O. The summed E-state index contributed by atoms with van der Waals surface area (Å²) in [6.07, 6.45) is 0.797. The third-order valence-corrected chi connectivity index (χ3v) is 1.41. The molecule has 1 rings (SSSR count). The molecule has 5 heteroatoms. The van der Waals surface area contributed by atoms with Crippen molar-refractivity contribution in [2.45, 2.75) is 19.4 Å². The van der Waals surface area contributed by atoms with Gasteiger partial charge in [0, 0.05) is 6.42 Å². The number of hydrogen-bond donors (Lipinski definition) is 3. The average Bonchev–Trinajstić information content (AvgIpc) is 2.50. The summed E-state index contributed by atoms with van der Waals surface area (Å²) < 4.78 is 0. The number of nitrogens with one attached hydrogen (secondary N) is 1. The molecule has 0 aromatic carbocycles. The van der Waals surface area contributed by atoms with Gasteiger partial charge in [0.2, 0.25) is 0 Å². The zero-order chi connectivity index (χ0) is 8.27. The fraction of sp³-hybridized carbons (Fsp3) is 0.667. The van der Waals surface area contributed by atoms with Crippen molar-refractivity contribution >= 4 is 0 Å². The summed E-state index contributed by atoms with van der Waals surface area (Å²) >= 11 is 0. The lowest BCUT2D eigenvalue weighted by Crippen LogP contribution is -2.16. The van der Waals surface area contributed by atoms with Crippen LogP contribution in [0.4, 0.5) is 0 Å². The van der Waals surface area contributed by atoms with Crippen molar-refractivity contribution in [1.29, 1.82) is 0 Å². The minimum absolute atomic E-state index is 0.124. The van der Waals surface area contributed by atoms with Crippen LogP contribution in [-0.2, 0) is 6.42 Å². The third kappa shape index (κ3) is 1.75. The monoisotopic (exact) mass is 156 g/mol. The molecule has 0 bridgehead atoms. The number of aryl methyl sites for hydroxylation is 1. The van der Waals surface area contributed by atoms with Gasteiger partial charge in [-0.3, -0.25) is 5.10 Å². The number of aliphatic hydroxyl groups is 1. The quantitative estimate of drug-likeness (QED) is 0.543. The summed E-state index contributed by atoms with van der Waals surface area (Å²) in [5.41, 5.74) is 5.47. The van der Waals surface area contributed by atoms with Crippen LogP contribution in [-0.4, -0.2) is 26.9 Å². The summed E-state index contributed by atoms with van der Waals surface area (Å²) in [5, 5.41) is 15.2. The van der Waals surface area contributed by atoms with E-state index in [1.165, 1.54) is 0 Å². The number of nitrogens with two attached hydrogens (primary N) is 1. The first-order valence-electron chi connectivity index (χ1n) is 3.55. The molecule has 1 heterocycles. The van der Waals surface area contributed by atoms with Crippen LogP contribution in [0.25, 0.3) is 0 Å². The Kier molecular flexibility index (Phi) is 2.56. The second-order valence-corrected chi connectivity index (χ2v) is 2.28. The van der Waals surface area contributed by atoms with Gasteiger partial charge < -0.3 is 10.8 Å². The molecule has 0 unspecified atom stereocenters. The van der Waals surface area contributed by atoms with E-state index in [1.54, 1.807) is 0 Å². The van der Waals surface area contributed by atoms with Crippen LogP contribution >= 0.6 is 0 Å². The third-order valence-electron chi connectivity index (χ3n) is 1.41. The van der Waals surface area contributed by atoms with Gasteiger partial charge in [0.1, 0.15) is 5.82 Å². The summed E-state index contributed by atoms with van der Waals surface area (Å²) in [4.78, 5) is 4.05. The minimum atomic E-state index is -0.466. The molecule has 5 nitrogen and oxygen atoms in total. The van der Waals surface area contributed by atoms with Crippen LogP contribution in [0.5, 0.6) is 0 Å². The normalized spacial score (nSPS) is 13.4. The Morgan fingerprint density at radius 3 is 2.91 bits per heavy atom. The maximum atomic E-state index is 8.65. The molecule has 0 aliphatic rings. The Bertz CT molecular complexity index is 222. The summed E-state index contributed by atoms with van der Waals surface area (Å²) in [6, 6.07) is -0.466. The van der Waals surface area contributed by atoms with E-state index in [-0.39, 0.29) is 6.61 Å². The van der Waals surface area contributed by atoms with Crippen LogP contribution in [0.1, 0.15) is 24.6 Å². The Labute approximate surface area is 64.6 Å². The van der Waals surface area contributed by atoms with E-state index in [9.17, 15) is 0 Å². The zero-order valence-electron chi connectivity index (χ0n) is 6.41. The molecule has 0 saturated carbocycles. The van der Waals surface area contributed by atoms with E-state index >= 15 is 0 Å². The molecule has 62 valence electrons. The lowest BCUT2D eigenvalue weighted by atomic mass is 10.3. The predicted octanol–water partition coefficient (Wildman–Crippen LogP) is -0.641. The molecule has 1 aromatic heterocycles. The molecule has 0 radical (unpaired) electrons. The lowest BCUT2D eigenvalue weighted by molar-refractivity contribution is 0.263. The Morgan fingerprint density at radius 2 is 2.45 bits per heavy atom. The van der Waals surface area contributed by atoms with Crippen LogP contribution < -0.4 is 5.73 Å². The van der Waals surface area contributed by atoms with Crippen molar-refractivity contribution in [2.24, 2.45) is 5.73 Å². The highest BCUT2D eigenvalue weighted by molar-refractivity contribution is 4.95. The SMILES string of the molecule is CCc1nc([C@H](N)CO)n[nH]1. The largest absolute Gasteiger partial charge is 0.394 e. The van der Waals surface area contributed by atoms with Crippen molar-refractivity contribution in [2.75, 3.05) is 6.61 Å². The molecule has 0 aliphatic carbocycles. The maximum absolute atomic E-state index is 8.65. The smallest absolute Gasteiger partial charge is 0.169 e. The number of aromatic amines is 1. The average molecular weight is 156 g/mol. The maximum Gasteiger partial charge on any atom is 0.169 e. The van der Waals surface area contributed by atoms with Crippen LogP contribution in [0.2, 0.25) is 0 Å². The summed E-state index contributed by atoms with van der Waals surface area (Å²) in [5.74, 6) is 1.27. The van der Waals surface area contributed by atoms with Gasteiger partial charge in [-0.05, 0) is 0 Å². The molecule has 0 spiro atoms. The fourth-order valence-corrected chi connectivity index (χ4v) is 0.716. The van der Waals surface area contributed by atoms with E-state index in [0.29, 0.717) is 5.82 Å². The van der Waals surface area contributed by atoms with Gasteiger partial charge in [-0.2, -0.15) is 5.10 Å². The Morgan fingerprint density at radius 1 is 1.73 bits per heavy atom. The Hall–Kier alpha value is -0.940. The molecule has 0 fully saturated rings. The van der Waals surface area contributed by atoms with Gasteiger partial charge in [-0.15, -0.1) is 0 Å². The highest BCUT2D eigenvalue weighted by Crippen LogP contribution is 2.02. The number of hydrogen-bond acceptors (Lipinski definition) is 4. The van der Waals surface area contributed by atoms with Gasteiger partial charge in [0.25, 0.3) is 0 Å². The summed E-state index contributed by atoms with van der Waals surface area (Å²) in [6.45, 7) is 1.84. The lowest BCUT2D eigenvalue weighted by Gasteiger charge is -1.99. The molecule has 0 amide bonds. The van der Waals surface area contributed by atoms with Gasteiger partial charge in [0.05, 0.1) is 12.6 Å². The standard InChI is InChI=1S/C6H12N4O/c1-2-5-8-6(10-9-5)4(7)3-11/h4,11H,2-3,7H2,1H3,(H,8,9,10)/t4-/m1/s1. The van der Waals surface area contributed by atoms with Gasteiger partial charge in [0.15, 0.2) is 5.82 Å². The van der Waals surface area contributed by atoms with E-state index in [2.05, 4.69) is 15.2 Å². The predicted molar refractivity (Wildman–Crippen MR) is 39.8 cm³/mol. The molecule has 0 saturated heterocycles. The number of aromatic nitrogens is 3. The molecule has 1 atom stereocenters. The topological polar surface area (TPSA) is 87.8 Å². The van der Waals surface area contributed by atoms with Gasteiger partial charge in [-0.25, -0.2) is 4.98 Å². The van der Waals surface area contributed by atoms with E-state index in [0.717, 1.165) is 12.2 Å². The van der Waals surface area contributed by atoms with Crippen molar-refractivity contribution < 1.29 is 5.11 Å². The number of rotatable bonds is 3. The second kappa shape index (κ2) is 3.45. The molecular weight excluding hydrogens is 144 g/mol. The first-order valence-corrected chi connectivity index (χ1v) is 3.55. The molecule has 0 aliphatic heterocycles. The number of nitrogens with zero attached hydrogens (tertiary/aromatic N) is 2. The van der Waals surface area contributed by atoms with Crippen molar-refractivity contribution in [3.8, 4) is 0 Å². The second-order valence-electron chi connectivity index (χ2n) is 2.28. The first kappa shape index (κ1) is 8.16. The summed E-state index contributed by atoms with van der Waals surface area (Å²) in [7, 11) is 0. The van der Waals surface area contributed by atoms with Crippen molar-refractivity contribution in [1.82, 2.24) is 15.2 Å². The van der Waals surface area contributed by atoms with Crippen LogP contribution in [0.15, 0.2) is 0 Å². The fourth-order valence-electron chi connectivity index (χ4n) is 0.716. The van der Waals surface area contributed by atoms with Gasteiger partial charge >= 0.3 is 0 Å². The van der Waals surface area contributed by atoms with E-state index in [1.807, 2.05) is 6.92 Å². The van der Waals surface area contributed by atoms with E-state index in [4.69, 9.17) is 10.8 Å². The molecule has 4 N–H and O–H groups in total. The Balaban J connectivity index is 2.71. The first-order chi connectivity index (χ1) is 5.27. The minimum Gasteiger partial charge on any atom is -0.394 e. The number of aliphatic hydroxyl groups excluding tert-OH is 1. The zero-order valence-corrected chi connectivity index (χ0v) is 6.41. The van der Waals surface area contributed by atoms with Crippen LogP contribution in [0.3, 0.4) is 0 Å². The highest BCUT2D eigenvalue weighted by atomic mass is 16.3. The number of H-pyrrole nitrogens is 1. The van der Waals surface area contributed by atoms with Gasteiger partial charge in [-0.1, -0.05) is 6.92 Å². The highest BCUT2D eigenvalue weighted by Gasteiger charge is 2.09. The molecule has 1 aromatic rings. The molecule has 11 heavy (non-hydrogen) atoms. The van der Waals surface area contributed by atoms with Crippen molar-refractivity contribution in [3.05, 3.63) is 11.6 Å². The van der Waals surface area contributed by atoms with E-state index < -0.39 is 6.04 Å². The van der Waals surface area contributed by atoms with Crippen LogP contribution in [0, 0.1) is 0 Å².